The molecule has 1 saturated heterocycles. The number of hydrogen-bond acceptors (Lipinski definition) is 6. The van der Waals surface area contributed by atoms with Crippen molar-refractivity contribution >= 4 is 11.6 Å². The number of amides is 1. The fourth-order valence-corrected chi connectivity index (χ4v) is 4.02. The van der Waals surface area contributed by atoms with E-state index in [1.165, 1.54) is 0 Å². The highest BCUT2D eigenvalue weighted by atomic mass is 16.5. The van der Waals surface area contributed by atoms with Crippen LogP contribution in [0.25, 0.3) is 0 Å². The van der Waals surface area contributed by atoms with Crippen molar-refractivity contribution in [2.75, 3.05) is 18.5 Å². The molecule has 1 aromatic carbocycles. The lowest BCUT2D eigenvalue weighted by Crippen LogP contribution is -2.16. The summed E-state index contributed by atoms with van der Waals surface area (Å²) in [6.45, 7) is 2.83. The molecule has 2 aromatic heterocycles. The van der Waals surface area contributed by atoms with E-state index in [9.17, 15) is 4.79 Å². The maximum Gasteiger partial charge on any atom is 0.255 e. The molecule has 0 saturated carbocycles. The first-order chi connectivity index (χ1) is 15.2. The highest BCUT2D eigenvalue weighted by Gasteiger charge is 2.17. The number of carbonyl (C=O) groups is 1. The molecule has 9 heteroatoms. The predicted octanol–water partition coefficient (Wildman–Crippen LogP) is 2.67. The van der Waals surface area contributed by atoms with Gasteiger partial charge < -0.3 is 19.4 Å². The van der Waals surface area contributed by atoms with Gasteiger partial charge in [0.25, 0.3) is 5.91 Å². The second kappa shape index (κ2) is 8.89. The highest BCUT2D eigenvalue weighted by molar-refractivity contribution is 6.04. The Balaban J connectivity index is 1.16. The van der Waals surface area contributed by atoms with Crippen molar-refractivity contribution in [2.24, 2.45) is 0 Å². The molecule has 31 heavy (non-hydrogen) atoms. The quantitative estimate of drug-likeness (QED) is 0.629. The summed E-state index contributed by atoms with van der Waals surface area (Å²) in [5, 5.41) is 15.8. The molecule has 1 amide bonds. The summed E-state index contributed by atoms with van der Waals surface area (Å²) in [6, 6.07) is 7.13. The Morgan fingerprint density at radius 1 is 1.19 bits per heavy atom. The van der Waals surface area contributed by atoms with Crippen LogP contribution in [0.4, 0.5) is 5.69 Å². The van der Waals surface area contributed by atoms with Crippen molar-refractivity contribution in [3.8, 4) is 5.75 Å². The van der Waals surface area contributed by atoms with Crippen LogP contribution in [-0.2, 0) is 24.2 Å². The third-order valence-corrected chi connectivity index (χ3v) is 5.71. The molecule has 0 unspecified atom stereocenters. The van der Waals surface area contributed by atoms with Crippen LogP contribution < -0.4 is 10.1 Å². The number of benzene rings is 1. The molecular formula is C22H26N6O3. The van der Waals surface area contributed by atoms with Crippen molar-refractivity contribution in [2.45, 2.75) is 51.3 Å². The Labute approximate surface area is 180 Å². The molecular weight excluding hydrogens is 396 g/mol. The highest BCUT2D eigenvalue weighted by Crippen LogP contribution is 2.18. The van der Waals surface area contributed by atoms with Crippen molar-refractivity contribution < 1.29 is 14.3 Å². The molecule has 0 radical (unpaired) electrons. The van der Waals surface area contributed by atoms with Gasteiger partial charge in [-0.25, -0.2) is 0 Å². The van der Waals surface area contributed by atoms with E-state index >= 15 is 0 Å². The van der Waals surface area contributed by atoms with Crippen molar-refractivity contribution in [3.63, 3.8) is 0 Å². The Morgan fingerprint density at radius 2 is 2.10 bits per heavy atom. The van der Waals surface area contributed by atoms with E-state index in [-0.39, 0.29) is 12.0 Å². The van der Waals surface area contributed by atoms with Gasteiger partial charge in [0.05, 0.1) is 18.0 Å². The van der Waals surface area contributed by atoms with Crippen LogP contribution in [0.5, 0.6) is 5.75 Å². The molecule has 9 nitrogen and oxygen atoms in total. The minimum atomic E-state index is -0.190. The van der Waals surface area contributed by atoms with Gasteiger partial charge >= 0.3 is 0 Å². The molecule has 2 aliphatic rings. The largest absolute Gasteiger partial charge is 0.491 e. The number of aromatic nitrogens is 5. The van der Waals surface area contributed by atoms with Gasteiger partial charge in [-0.1, -0.05) is 0 Å². The summed E-state index contributed by atoms with van der Waals surface area (Å²) in [4.78, 5) is 12.6. The second-order valence-corrected chi connectivity index (χ2v) is 7.99. The molecule has 0 aliphatic carbocycles. The zero-order valence-electron chi connectivity index (χ0n) is 17.4. The summed E-state index contributed by atoms with van der Waals surface area (Å²) >= 11 is 0. The van der Waals surface area contributed by atoms with Crippen molar-refractivity contribution in [1.82, 2.24) is 24.5 Å². The van der Waals surface area contributed by atoms with Crippen LogP contribution in [0.2, 0.25) is 0 Å². The van der Waals surface area contributed by atoms with E-state index in [0.29, 0.717) is 24.4 Å². The van der Waals surface area contributed by atoms with Gasteiger partial charge in [0.1, 0.15) is 24.7 Å². The first kappa shape index (κ1) is 19.7. The van der Waals surface area contributed by atoms with E-state index in [0.717, 1.165) is 62.7 Å². The van der Waals surface area contributed by atoms with Crippen LogP contribution in [-0.4, -0.2) is 49.8 Å². The summed E-state index contributed by atoms with van der Waals surface area (Å²) < 4.78 is 15.3. The maximum atomic E-state index is 12.6. The van der Waals surface area contributed by atoms with Crippen LogP contribution in [0, 0.1) is 0 Å². The monoisotopic (exact) mass is 422 g/mol. The molecule has 5 rings (SSSR count). The first-order valence-electron chi connectivity index (χ1n) is 10.8. The number of nitrogens with one attached hydrogen (secondary N) is 1. The van der Waals surface area contributed by atoms with Crippen LogP contribution in [0.3, 0.4) is 0 Å². The fraction of sp³-hybridized carbons (Fsp3) is 0.455. The lowest BCUT2D eigenvalue weighted by Gasteiger charge is -2.14. The van der Waals surface area contributed by atoms with Gasteiger partial charge in [0, 0.05) is 31.3 Å². The fourth-order valence-electron chi connectivity index (χ4n) is 4.02. The Morgan fingerprint density at radius 3 is 2.94 bits per heavy atom. The smallest absolute Gasteiger partial charge is 0.255 e. The number of rotatable bonds is 7. The molecule has 3 aromatic rings. The van der Waals surface area contributed by atoms with E-state index < -0.39 is 0 Å². The molecule has 1 fully saturated rings. The lowest BCUT2D eigenvalue weighted by molar-refractivity contribution is 0.0679. The minimum absolute atomic E-state index is 0.169. The molecule has 1 atom stereocenters. The predicted molar refractivity (Wildman–Crippen MR) is 113 cm³/mol. The summed E-state index contributed by atoms with van der Waals surface area (Å²) in [7, 11) is 0. The second-order valence-electron chi connectivity index (χ2n) is 7.99. The maximum absolute atomic E-state index is 12.6. The summed E-state index contributed by atoms with van der Waals surface area (Å²) in [5.74, 6) is 2.49. The Bertz CT molecular complexity index is 1040. The average Bonchev–Trinajstić information content (AvgIpc) is 3.55. The first-order valence-corrected chi connectivity index (χ1v) is 10.8. The minimum Gasteiger partial charge on any atom is -0.491 e. The number of aryl methyl sites for hydroxylation is 1. The van der Waals surface area contributed by atoms with Crippen molar-refractivity contribution in [1.29, 1.82) is 0 Å². The van der Waals surface area contributed by atoms with Gasteiger partial charge in [0.2, 0.25) is 0 Å². The van der Waals surface area contributed by atoms with Gasteiger partial charge in [-0.3, -0.25) is 9.48 Å². The van der Waals surface area contributed by atoms with Crippen LogP contribution in [0.1, 0.15) is 47.7 Å². The van der Waals surface area contributed by atoms with E-state index in [1.807, 2.05) is 12.1 Å². The number of ether oxygens (including phenoxy) is 2. The Kier molecular flexibility index (Phi) is 5.66. The SMILES string of the molecule is O=C(Nc1cnn(Cc2nnc3n2CCCC3)c1)c1ccc(OC[C@H]2CCCO2)cc1. The number of nitrogens with zero attached hydrogens (tertiary/aromatic N) is 5. The molecule has 162 valence electrons. The summed E-state index contributed by atoms with van der Waals surface area (Å²) in [5.41, 5.74) is 1.20. The molecule has 0 bridgehead atoms. The standard InChI is InChI=1S/C22H26N6O3/c29-22(16-6-8-18(9-7-16)31-15-19-4-3-11-30-19)24-17-12-23-27(13-17)14-21-26-25-20-5-1-2-10-28(20)21/h6-9,12-13,19H,1-5,10-11,14-15H2,(H,24,29)/t19-/m1/s1. The Hall–Kier alpha value is -3.20. The normalized spacial score (nSPS) is 18.0. The molecule has 4 heterocycles. The topological polar surface area (TPSA) is 96.1 Å². The third kappa shape index (κ3) is 4.61. The number of fused-ring (bicyclic) bond motifs is 1. The van der Waals surface area contributed by atoms with Gasteiger partial charge in [-0.2, -0.15) is 5.10 Å². The third-order valence-electron chi connectivity index (χ3n) is 5.71. The van der Waals surface area contributed by atoms with E-state index in [2.05, 4.69) is 25.2 Å². The van der Waals surface area contributed by atoms with E-state index in [4.69, 9.17) is 9.47 Å². The lowest BCUT2D eigenvalue weighted by atomic mass is 10.2. The zero-order chi connectivity index (χ0) is 21.0. The molecule has 0 spiro atoms. The van der Waals surface area contributed by atoms with Gasteiger partial charge in [-0.05, 0) is 49.9 Å². The van der Waals surface area contributed by atoms with Gasteiger partial charge in [0.15, 0.2) is 5.82 Å². The van der Waals surface area contributed by atoms with Crippen LogP contribution in [0.15, 0.2) is 36.7 Å². The van der Waals surface area contributed by atoms with Gasteiger partial charge in [-0.15, -0.1) is 10.2 Å². The molecule has 2 aliphatic heterocycles. The van der Waals surface area contributed by atoms with Crippen molar-refractivity contribution in [3.05, 3.63) is 53.9 Å². The summed E-state index contributed by atoms with van der Waals surface area (Å²) in [6.07, 6.45) is 9.04. The average molecular weight is 422 g/mol. The number of carbonyl (C=O) groups excluding carboxylic acids is 1. The number of hydrogen-bond donors (Lipinski definition) is 1. The van der Waals surface area contributed by atoms with Crippen LogP contribution >= 0.6 is 0 Å². The zero-order valence-corrected chi connectivity index (χ0v) is 17.4. The number of anilines is 1. The molecule has 1 N–H and O–H groups in total. The van der Waals surface area contributed by atoms with E-state index in [1.54, 1.807) is 29.2 Å².